The fourth-order valence-electron chi connectivity index (χ4n) is 3.07. The lowest BCUT2D eigenvalue weighted by atomic mass is 10.1. The van der Waals surface area contributed by atoms with Crippen molar-refractivity contribution in [3.63, 3.8) is 0 Å². The predicted molar refractivity (Wildman–Crippen MR) is 124 cm³/mol. The Labute approximate surface area is 186 Å². The molecule has 2 amide bonds. The van der Waals surface area contributed by atoms with Crippen LogP contribution in [0.15, 0.2) is 53.9 Å². The maximum Gasteiger partial charge on any atom is 0.230 e. The summed E-state index contributed by atoms with van der Waals surface area (Å²) >= 11 is 1.49. The van der Waals surface area contributed by atoms with Crippen LogP contribution in [-0.2, 0) is 22.4 Å². The Hall–Kier alpha value is -3.19. The number of aromatic nitrogens is 1. The first kappa shape index (κ1) is 22.5. The molecule has 0 fully saturated rings. The number of hydrogen-bond acceptors (Lipinski definition) is 5. The summed E-state index contributed by atoms with van der Waals surface area (Å²) < 4.78 is 5.68. The zero-order valence-electron chi connectivity index (χ0n) is 18.0. The summed E-state index contributed by atoms with van der Waals surface area (Å²) in [4.78, 5) is 28.9. The molecule has 0 aliphatic rings. The highest BCUT2D eigenvalue weighted by Gasteiger charge is 2.13. The van der Waals surface area contributed by atoms with Crippen molar-refractivity contribution >= 4 is 28.8 Å². The van der Waals surface area contributed by atoms with Gasteiger partial charge in [-0.2, -0.15) is 0 Å². The van der Waals surface area contributed by atoms with Gasteiger partial charge in [0.25, 0.3) is 0 Å². The molecular weight excluding hydrogens is 410 g/mol. The maximum absolute atomic E-state index is 12.4. The lowest BCUT2D eigenvalue weighted by Gasteiger charge is -2.09. The van der Waals surface area contributed by atoms with Crippen molar-refractivity contribution in [3.05, 3.63) is 65.2 Å². The Morgan fingerprint density at radius 3 is 2.48 bits per heavy atom. The van der Waals surface area contributed by atoms with E-state index in [1.807, 2.05) is 62.5 Å². The number of nitrogens with one attached hydrogen (secondary N) is 2. The van der Waals surface area contributed by atoms with Gasteiger partial charge in [0, 0.05) is 17.1 Å². The van der Waals surface area contributed by atoms with Crippen LogP contribution in [0.4, 0.5) is 5.69 Å². The largest absolute Gasteiger partial charge is 0.493 e. The number of carbonyl (C=O) groups excluding carboxylic acids is 2. The molecule has 6 nitrogen and oxygen atoms in total. The van der Waals surface area contributed by atoms with Gasteiger partial charge in [-0.1, -0.05) is 24.3 Å². The van der Waals surface area contributed by atoms with Crippen molar-refractivity contribution in [1.29, 1.82) is 0 Å². The highest BCUT2D eigenvalue weighted by Crippen LogP contribution is 2.32. The Morgan fingerprint density at radius 1 is 1.03 bits per heavy atom. The molecule has 0 atom stereocenters. The fraction of sp³-hybridized carbons (Fsp3) is 0.292. The molecule has 162 valence electrons. The van der Waals surface area contributed by atoms with Gasteiger partial charge in [-0.05, 0) is 50.6 Å². The topological polar surface area (TPSA) is 80.3 Å². The minimum absolute atomic E-state index is 0.0166. The smallest absolute Gasteiger partial charge is 0.230 e. The number of hydrogen-bond donors (Lipinski definition) is 2. The quantitative estimate of drug-likeness (QED) is 0.518. The van der Waals surface area contributed by atoms with Crippen molar-refractivity contribution in [2.45, 2.75) is 39.7 Å². The van der Waals surface area contributed by atoms with E-state index < -0.39 is 0 Å². The van der Waals surface area contributed by atoms with Gasteiger partial charge < -0.3 is 15.4 Å². The first-order valence-electron chi connectivity index (χ1n) is 10.3. The van der Waals surface area contributed by atoms with Gasteiger partial charge in [0.2, 0.25) is 11.8 Å². The highest BCUT2D eigenvalue weighted by atomic mass is 32.1. The summed E-state index contributed by atoms with van der Waals surface area (Å²) in [6, 6.07) is 15.2. The number of benzene rings is 2. The number of ether oxygens (including phenoxy) is 1. The van der Waals surface area contributed by atoms with E-state index in [0.717, 1.165) is 21.9 Å². The van der Waals surface area contributed by atoms with Gasteiger partial charge in [-0.25, -0.2) is 4.98 Å². The van der Waals surface area contributed by atoms with Crippen molar-refractivity contribution < 1.29 is 14.3 Å². The number of carbonyl (C=O) groups is 2. The molecule has 0 aliphatic carbocycles. The Bertz CT molecular complexity index is 1030. The highest BCUT2D eigenvalue weighted by molar-refractivity contribution is 7.13. The maximum atomic E-state index is 12.4. The van der Waals surface area contributed by atoms with Crippen LogP contribution in [0, 0.1) is 0 Å². The average Bonchev–Trinajstić information content (AvgIpc) is 3.17. The average molecular weight is 438 g/mol. The van der Waals surface area contributed by atoms with E-state index in [1.54, 1.807) is 12.1 Å². The van der Waals surface area contributed by atoms with Crippen LogP contribution in [0.25, 0.3) is 10.6 Å². The first-order chi connectivity index (χ1) is 14.9. The molecule has 3 rings (SSSR count). The monoisotopic (exact) mass is 437 g/mol. The van der Waals surface area contributed by atoms with Gasteiger partial charge in [0.15, 0.2) is 0 Å². The van der Waals surface area contributed by atoms with Crippen molar-refractivity contribution in [3.8, 4) is 16.3 Å². The minimum Gasteiger partial charge on any atom is -0.493 e. The normalized spacial score (nSPS) is 10.7. The van der Waals surface area contributed by atoms with Gasteiger partial charge in [-0.15, -0.1) is 11.3 Å². The van der Waals surface area contributed by atoms with Crippen molar-refractivity contribution in [1.82, 2.24) is 10.3 Å². The van der Waals surface area contributed by atoms with E-state index >= 15 is 0 Å². The molecule has 2 aromatic carbocycles. The summed E-state index contributed by atoms with van der Waals surface area (Å²) in [6.07, 6.45) is 0.503. The predicted octanol–water partition coefficient (Wildman–Crippen LogP) is 4.46. The molecule has 31 heavy (non-hydrogen) atoms. The standard InChI is InChI=1S/C24H27N3O3S/c1-4-30-21-8-6-5-7-20(21)24-27-19(15-31-24)14-23(29)26-18-11-9-17(10-12-18)13-22(28)25-16(2)3/h5-12,15-16H,4,13-14H2,1-3H3,(H,25,28)(H,26,29). The lowest BCUT2D eigenvalue weighted by molar-refractivity contribution is -0.121. The molecule has 3 aromatic rings. The molecule has 7 heteroatoms. The zero-order valence-corrected chi connectivity index (χ0v) is 18.8. The number of thiazole rings is 1. The molecule has 0 saturated carbocycles. The molecular formula is C24H27N3O3S. The lowest BCUT2D eigenvalue weighted by Crippen LogP contribution is -2.31. The molecule has 0 spiro atoms. The van der Waals surface area contributed by atoms with E-state index in [-0.39, 0.29) is 24.3 Å². The van der Waals surface area contributed by atoms with E-state index in [2.05, 4.69) is 15.6 Å². The second kappa shape index (κ2) is 10.7. The van der Waals surface area contributed by atoms with Crippen LogP contribution in [-0.4, -0.2) is 29.4 Å². The molecule has 2 N–H and O–H groups in total. The zero-order chi connectivity index (χ0) is 22.2. The van der Waals surface area contributed by atoms with E-state index in [1.165, 1.54) is 11.3 Å². The molecule has 1 aromatic heterocycles. The summed E-state index contributed by atoms with van der Waals surface area (Å²) in [5, 5.41) is 8.48. The van der Waals surface area contributed by atoms with Crippen LogP contribution >= 0.6 is 11.3 Å². The molecule has 0 saturated heterocycles. The van der Waals surface area contributed by atoms with Crippen LogP contribution in [0.2, 0.25) is 0 Å². The number of amides is 2. The van der Waals surface area contributed by atoms with Gasteiger partial charge >= 0.3 is 0 Å². The minimum atomic E-state index is -0.139. The molecule has 0 aliphatic heterocycles. The second-order valence-electron chi connectivity index (χ2n) is 7.39. The second-order valence-corrected chi connectivity index (χ2v) is 8.25. The van der Waals surface area contributed by atoms with Gasteiger partial charge in [0.1, 0.15) is 10.8 Å². The van der Waals surface area contributed by atoms with Crippen LogP contribution in [0.5, 0.6) is 5.75 Å². The Morgan fingerprint density at radius 2 is 1.77 bits per heavy atom. The third-order valence-corrected chi connectivity index (χ3v) is 5.29. The number of nitrogens with zero attached hydrogens (tertiary/aromatic N) is 1. The van der Waals surface area contributed by atoms with E-state index in [0.29, 0.717) is 24.4 Å². The summed E-state index contributed by atoms with van der Waals surface area (Å²) in [5.41, 5.74) is 3.23. The number of anilines is 1. The van der Waals surface area contributed by atoms with Gasteiger partial charge in [-0.3, -0.25) is 9.59 Å². The molecule has 0 bridgehead atoms. The van der Waals surface area contributed by atoms with E-state index in [4.69, 9.17) is 4.74 Å². The van der Waals surface area contributed by atoms with E-state index in [9.17, 15) is 9.59 Å². The van der Waals surface area contributed by atoms with Crippen molar-refractivity contribution in [2.75, 3.05) is 11.9 Å². The first-order valence-corrected chi connectivity index (χ1v) is 11.2. The molecule has 0 radical (unpaired) electrons. The summed E-state index contributed by atoms with van der Waals surface area (Å²) in [6.45, 7) is 6.39. The molecule has 0 unspecified atom stereocenters. The number of para-hydroxylation sites is 1. The third-order valence-electron chi connectivity index (χ3n) is 4.36. The summed E-state index contributed by atoms with van der Waals surface area (Å²) in [7, 11) is 0. The molecule has 1 heterocycles. The van der Waals surface area contributed by atoms with Crippen LogP contribution in [0.3, 0.4) is 0 Å². The Kier molecular flexibility index (Phi) is 7.78. The SMILES string of the molecule is CCOc1ccccc1-c1nc(CC(=O)Nc2ccc(CC(=O)NC(C)C)cc2)cs1. The Balaban J connectivity index is 1.58. The van der Waals surface area contributed by atoms with Crippen LogP contribution < -0.4 is 15.4 Å². The summed E-state index contributed by atoms with van der Waals surface area (Å²) in [5.74, 6) is 0.634. The van der Waals surface area contributed by atoms with Gasteiger partial charge in [0.05, 0.1) is 30.7 Å². The number of rotatable bonds is 9. The fourth-order valence-corrected chi connectivity index (χ4v) is 3.92. The van der Waals surface area contributed by atoms with Crippen molar-refractivity contribution in [2.24, 2.45) is 0 Å². The van der Waals surface area contributed by atoms with Crippen LogP contribution in [0.1, 0.15) is 32.0 Å². The third kappa shape index (κ3) is 6.65.